The van der Waals surface area contributed by atoms with E-state index in [0.717, 1.165) is 0 Å². The first kappa shape index (κ1) is 32.7. The van der Waals surface area contributed by atoms with E-state index in [0.29, 0.717) is 0 Å². The number of carbonyl (C=O) groups excluding carboxylic acids is 2. The molecule has 0 aliphatic heterocycles. The molecule has 4 N–H and O–H groups in total. The van der Waals surface area contributed by atoms with Crippen molar-refractivity contribution < 1.29 is 51.7 Å². The molecule has 0 radical (unpaired) electrons. The Hall–Kier alpha value is -0.106. The number of carbonyl (C=O) groups is 2. The minimum Gasteiger partial charge on any atom is -0.394 e. The predicted molar refractivity (Wildman–Crippen MR) is 79.4 cm³/mol. The van der Waals surface area contributed by atoms with E-state index < -0.39 is 17.7 Å². The molecule has 0 aliphatic carbocycles. The summed E-state index contributed by atoms with van der Waals surface area (Å²) in [5, 5.41) is 32.7. The topological polar surface area (TPSA) is 115 Å². The van der Waals surface area contributed by atoms with Gasteiger partial charge in [0.25, 0.3) is 0 Å². The molecule has 6 nitrogen and oxygen atoms in total. The van der Waals surface area contributed by atoms with Gasteiger partial charge >= 0.3 is 0 Å². The van der Waals surface area contributed by atoms with Crippen LogP contribution in [0.3, 0.4) is 0 Å². The Bertz CT molecular complexity index is 193. The summed E-state index contributed by atoms with van der Waals surface area (Å²) in [5.74, 6) is -1.00. The van der Waals surface area contributed by atoms with Crippen LogP contribution < -0.4 is 0 Å². The van der Waals surface area contributed by atoms with Crippen LogP contribution in [0, 0.1) is 0 Å². The van der Waals surface area contributed by atoms with Crippen LogP contribution in [0.1, 0.15) is 55.4 Å². The maximum absolute atomic E-state index is 10.1. The van der Waals surface area contributed by atoms with Gasteiger partial charge in [-0.3, -0.25) is 9.59 Å². The van der Waals surface area contributed by atoms with Crippen LogP contribution in [0.15, 0.2) is 0 Å². The molecule has 21 heavy (non-hydrogen) atoms. The first-order valence-corrected chi connectivity index (χ1v) is 6.48. The molecule has 0 amide bonds. The van der Waals surface area contributed by atoms with Crippen molar-refractivity contribution in [2.75, 3.05) is 0 Å². The van der Waals surface area contributed by atoms with E-state index in [1.165, 1.54) is 13.8 Å². The van der Waals surface area contributed by atoms with E-state index in [-0.39, 0.29) is 40.0 Å². The number of ketones is 2. The summed E-state index contributed by atoms with van der Waals surface area (Å²) in [6.45, 7) is 12.7. The van der Waals surface area contributed by atoms with Gasteiger partial charge in [-0.05, 0) is 55.4 Å². The Morgan fingerprint density at radius 1 is 0.619 bits per heavy atom. The second kappa shape index (κ2) is 22.2. The number of hydrogen-bond donors (Lipinski definition) is 4. The molecular weight excluding hydrogens is 312 g/mol. The zero-order valence-electron chi connectivity index (χ0n) is 14.4. The molecule has 0 fully saturated rings. The minimum absolute atomic E-state index is 0. The van der Waals surface area contributed by atoms with Crippen molar-refractivity contribution in [2.45, 2.75) is 79.8 Å². The van der Waals surface area contributed by atoms with Crippen LogP contribution in [-0.2, 0) is 31.3 Å². The van der Waals surface area contributed by atoms with Gasteiger partial charge in [0.15, 0.2) is 17.7 Å². The fraction of sp³-hybridized carbons (Fsp3) is 0.857. The Morgan fingerprint density at radius 2 is 0.714 bits per heavy atom. The summed E-state index contributed by atoms with van der Waals surface area (Å²) in [6, 6.07) is 0. The number of aliphatic hydroxyl groups is 4. The molecule has 0 heterocycles. The predicted octanol–water partition coefficient (Wildman–Crippen LogP) is 0.684. The summed E-state index contributed by atoms with van der Waals surface area (Å²) in [4.78, 5) is 20.2. The van der Waals surface area contributed by atoms with Gasteiger partial charge in [-0.25, -0.2) is 0 Å². The third-order valence-electron chi connectivity index (χ3n) is 0.770. The van der Waals surface area contributed by atoms with Crippen molar-refractivity contribution in [1.82, 2.24) is 0 Å². The molecule has 0 atom stereocenters. The van der Waals surface area contributed by atoms with Crippen molar-refractivity contribution in [3.8, 4) is 0 Å². The minimum atomic E-state index is -1.41. The van der Waals surface area contributed by atoms with Gasteiger partial charge in [-0.1, -0.05) is 0 Å². The van der Waals surface area contributed by atoms with E-state index in [1.54, 1.807) is 41.5 Å². The molecular formula is C14H32O6Ti. The third-order valence-corrected chi connectivity index (χ3v) is 0.770. The molecule has 0 saturated heterocycles. The summed E-state index contributed by atoms with van der Waals surface area (Å²) >= 11 is 0. The van der Waals surface area contributed by atoms with Crippen LogP contribution >= 0.6 is 0 Å². The van der Waals surface area contributed by atoms with E-state index >= 15 is 0 Å². The molecule has 0 aliphatic rings. The quantitative estimate of drug-likeness (QED) is 0.433. The van der Waals surface area contributed by atoms with Crippen LogP contribution in [0.5, 0.6) is 0 Å². The molecule has 0 aromatic heterocycles. The number of aliphatic hydroxyl groups excluding tert-OH is 4. The van der Waals surface area contributed by atoms with Crippen LogP contribution in [0.25, 0.3) is 0 Å². The number of Topliss-reactive ketones (excluding diaryl/α,β-unsaturated/α-hetero) is 2. The van der Waals surface area contributed by atoms with Gasteiger partial charge in [-0.15, -0.1) is 0 Å². The van der Waals surface area contributed by atoms with Crippen molar-refractivity contribution in [2.24, 2.45) is 0 Å². The molecule has 0 rings (SSSR count). The summed E-state index contributed by atoms with van der Waals surface area (Å²) < 4.78 is 0. The fourth-order valence-corrected chi connectivity index (χ4v) is 0.286. The first-order valence-electron chi connectivity index (χ1n) is 6.48. The maximum Gasteiger partial charge on any atom is 0.170 e. The van der Waals surface area contributed by atoms with E-state index in [1.807, 2.05) is 0 Å². The Balaban J connectivity index is -0.0000000570. The van der Waals surface area contributed by atoms with Gasteiger partial charge in [0.05, 0.1) is 0 Å². The maximum atomic E-state index is 10.1. The van der Waals surface area contributed by atoms with Crippen LogP contribution in [0.4, 0.5) is 0 Å². The zero-order chi connectivity index (χ0) is 17.5. The second-order valence-corrected chi connectivity index (χ2v) is 4.91. The molecule has 0 bridgehead atoms. The summed E-state index contributed by atoms with van der Waals surface area (Å²) in [7, 11) is 0. The van der Waals surface area contributed by atoms with Crippen LogP contribution in [0.2, 0.25) is 0 Å². The second-order valence-electron chi connectivity index (χ2n) is 4.91. The van der Waals surface area contributed by atoms with Gasteiger partial charge in [0.2, 0.25) is 0 Å². The van der Waals surface area contributed by atoms with Crippen LogP contribution in [-0.4, -0.2) is 56.4 Å². The van der Waals surface area contributed by atoms with E-state index in [2.05, 4.69) is 0 Å². The van der Waals surface area contributed by atoms with Crippen molar-refractivity contribution >= 4 is 11.6 Å². The third kappa shape index (κ3) is 102. The Morgan fingerprint density at radius 3 is 0.714 bits per heavy atom. The van der Waals surface area contributed by atoms with Gasteiger partial charge in [-0.2, -0.15) is 0 Å². The molecule has 0 aromatic carbocycles. The molecule has 128 valence electrons. The SMILES string of the molecule is CC(=O)C(O)C(C)=O.CC(C)O.CC(C)O.CC(C)O.[Ti]. The monoisotopic (exact) mass is 344 g/mol. The van der Waals surface area contributed by atoms with Crippen molar-refractivity contribution in [3.63, 3.8) is 0 Å². The van der Waals surface area contributed by atoms with Crippen molar-refractivity contribution in [1.29, 1.82) is 0 Å². The Labute approximate surface area is 143 Å². The number of hydrogen-bond acceptors (Lipinski definition) is 6. The molecule has 0 aromatic rings. The molecule has 7 heteroatoms. The summed E-state index contributed by atoms with van der Waals surface area (Å²) in [6.07, 6.45) is -1.91. The fourth-order valence-electron chi connectivity index (χ4n) is 0.286. The van der Waals surface area contributed by atoms with Gasteiger partial charge in [0.1, 0.15) is 0 Å². The average molecular weight is 344 g/mol. The molecule has 0 spiro atoms. The van der Waals surface area contributed by atoms with Gasteiger partial charge < -0.3 is 20.4 Å². The normalized spacial score (nSPS) is 8.76. The van der Waals surface area contributed by atoms with E-state index in [9.17, 15) is 9.59 Å². The summed E-state index contributed by atoms with van der Waals surface area (Å²) in [5.41, 5.74) is 0. The van der Waals surface area contributed by atoms with Gasteiger partial charge in [0, 0.05) is 40.0 Å². The van der Waals surface area contributed by atoms with E-state index in [4.69, 9.17) is 20.4 Å². The Kier molecular flexibility index (Phi) is 34.6. The standard InChI is InChI=1S/C5H8O3.3C3H8O.Ti/c1-3(6)5(8)4(2)7;3*1-3(2)4;/h5,8H,1-2H3;3*3-4H,1-2H3;. The first-order chi connectivity index (χ1) is 8.75. The molecule has 0 unspecified atom stereocenters. The smallest absolute Gasteiger partial charge is 0.170 e. The average Bonchev–Trinajstić information content (AvgIpc) is 2.13. The van der Waals surface area contributed by atoms with Crippen molar-refractivity contribution in [3.05, 3.63) is 0 Å². The number of rotatable bonds is 2. The zero-order valence-corrected chi connectivity index (χ0v) is 16.0. The largest absolute Gasteiger partial charge is 0.394 e. The molecule has 0 saturated carbocycles.